The molecule has 1 aliphatic rings. The van der Waals surface area contributed by atoms with Crippen LogP contribution in [0.1, 0.15) is 16.7 Å². The Kier molecular flexibility index (Phi) is 4.72. The van der Waals surface area contributed by atoms with Crippen molar-refractivity contribution in [2.45, 2.75) is 11.7 Å². The Labute approximate surface area is 162 Å². The molecule has 0 radical (unpaired) electrons. The lowest BCUT2D eigenvalue weighted by Crippen LogP contribution is -2.48. The Bertz CT molecular complexity index is 1030. The van der Waals surface area contributed by atoms with Gasteiger partial charge in [0.25, 0.3) is 5.91 Å². The molecule has 7 nitrogen and oxygen atoms in total. The molecule has 3 amide bonds. The fourth-order valence-corrected chi connectivity index (χ4v) is 3.28. The summed E-state index contributed by atoms with van der Waals surface area (Å²) < 4.78 is 39.8. The SMILES string of the molecule is CN1C(=O)N(c2ccc(C#N)c(C(F)(F)F)c2)C(=O)C1(CO)c1ccc(O)cc1. The molecule has 2 N–H and O–H groups in total. The Morgan fingerprint density at radius 3 is 2.28 bits per heavy atom. The highest BCUT2D eigenvalue weighted by atomic mass is 19.4. The van der Waals surface area contributed by atoms with Gasteiger partial charge in [-0.15, -0.1) is 0 Å². The van der Waals surface area contributed by atoms with Gasteiger partial charge < -0.3 is 15.1 Å². The van der Waals surface area contributed by atoms with Gasteiger partial charge in [-0.25, -0.2) is 9.69 Å². The first-order valence-electron chi connectivity index (χ1n) is 8.22. The van der Waals surface area contributed by atoms with Crippen LogP contribution in [-0.4, -0.2) is 40.7 Å². The number of halogens is 3. The average molecular weight is 405 g/mol. The first kappa shape index (κ1) is 20.2. The second-order valence-electron chi connectivity index (χ2n) is 6.39. The number of alkyl halides is 3. The number of benzene rings is 2. The molecule has 1 unspecified atom stereocenters. The molecule has 1 saturated heterocycles. The number of anilines is 1. The van der Waals surface area contributed by atoms with Crippen molar-refractivity contribution in [1.29, 1.82) is 5.26 Å². The van der Waals surface area contributed by atoms with E-state index in [0.29, 0.717) is 11.0 Å². The fraction of sp³-hybridized carbons (Fsp3) is 0.211. The van der Waals surface area contributed by atoms with Crippen LogP contribution in [0.25, 0.3) is 0 Å². The number of urea groups is 1. The van der Waals surface area contributed by atoms with Crippen molar-refractivity contribution in [2.24, 2.45) is 0 Å². The van der Waals surface area contributed by atoms with Gasteiger partial charge in [0.1, 0.15) is 5.75 Å². The van der Waals surface area contributed by atoms with E-state index in [-0.39, 0.29) is 17.0 Å². The number of carbonyl (C=O) groups excluding carboxylic acids is 2. The van der Waals surface area contributed by atoms with Crippen LogP contribution in [0.5, 0.6) is 5.75 Å². The first-order chi connectivity index (χ1) is 13.6. The highest BCUT2D eigenvalue weighted by Gasteiger charge is 2.57. The number of phenols is 1. The maximum absolute atomic E-state index is 13.3. The standard InChI is InChI=1S/C19H14F3N3O4/c1-24-17(29)25(13-5-2-11(9-23)15(8-13)19(20,21)22)16(28)18(24,10-26)12-3-6-14(27)7-4-12/h2-8,26-27H,10H2,1H3. The number of hydrogen-bond donors (Lipinski definition) is 2. The minimum atomic E-state index is -4.87. The van der Waals surface area contributed by atoms with Gasteiger partial charge in [0.05, 0.1) is 29.5 Å². The second-order valence-corrected chi connectivity index (χ2v) is 6.39. The molecule has 10 heteroatoms. The first-order valence-corrected chi connectivity index (χ1v) is 8.22. The van der Waals surface area contributed by atoms with Crippen molar-refractivity contribution in [1.82, 2.24) is 4.90 Å². The van der Waals surface area contributed by atoms with E-state index in [2.05, 4.69) is 0 Å². The highest BCUT2D eigenvalue weighted by molar-refractivity contribution is 6.23. The normalized spacial score (nSPS) is 19.6. The molecule has 0 bridgehead atoms. The number of nitrogens with zero attached hydrogens (tertiary/aromatic N) is 3. The Morgan fingerprint density at radius 1 is 1.14 bits per heavy atom. The minimum absolute atomic E-state index is 0.111. The summed E-state index contributed by atoms with van der Waals surface area (Å²) in [6, 6.07) is 8.13. The number of carbonyl (C=O) groups is 2. The molecule has 2 aromatic rings. The van der Waals surface area contributed by atoms with E-state index >= 15 is 0 Å². The van der Waals surface area contributed by atoms with Gasteiger partial charge >= 0.3 is 12.2 Å². The maximum Gasteiger partial charge on any atom is 0.417 e. The summed E-state index contributed by atoms with van der Waals surface area (Å²) in [5, 5.41) is 28.4. The molecule has 3 rings (SSSR count). The van der Waals surface area contributed by atoms with E-state index in [4.69, 9.17) is 5.26 Å². The number of hydrogen-bond acceptors (Lipinski definition) is 5. The van der Waals surface area contributed by atoms with Crippen LogP contribution in [0.2, 0.25) is 0 Å². The molecule has 150 valence electrons. The lowest BCUT2D eigenvalue weighted by Gasteiger charge is -2.31. The third-order valence-corrected chi connectivity index (χ3v) is 4.87. The predicted molar refractivity (Wildman–Crippen MR) is 93.7 cm³/mol. The summed E-state index contributed by atoms with van der Waals surface area (Å²) in [5.41, 5.74) is -4.03. The van der Waals surface area contributed by atoms with Crippen molar-refractivity contribution in [3.8, 4) is 11.8 Å². The van der Waals surface area contributed by atoms with Crippen molar-refractivity contribution in [3.05, 3.63) is 59.2 Å². The monoisotopic (exact) mass is 405 g/mol. The van der Waals surface area contributed by atoms with Crippen LogP contribution < -0.4 is 4.90 Å². The number of aromatic hydroxyl groups is 1. The molecule has 0 aromatic heterocycles. The average Bonchev–Trinajstić information content (AvgIpc) is 2.88. The number of amides is 3. The maximum atomic E-state index is 13.3. The number of imide groups is 1. The smallest absolute Gasteiger partial charge is 0.417 e. The van der Waals surface area contributed by atoms with Crippen LogP contribution in [0, 0.1) is 11.3 Å². The summed E-state index contributed by atoms with van der Waals surface area (Å²) in [5.74, 6) is -1.07. The van der Waals surface area contributed by atoms with Crippen molar-refractivity contribution in [3.63, 3.8) is 0 Å². The number of aliphatic hydroxyl groups is 1. The molecule has 0 aliphatic carbocycles. The largest absolute Gasteiger partial charge is 0.508 e. The minimum Gasteiger partial charge on any atom is -0.508 e. The molecule has 0 spiro atoms. The lowest BCUT2D eigenvalue weighted by atomic mass is 9.89. The van der Waals surface area contributed by atoms with Gasteiger partial charge in [0.15, 0.2) is 5.54 Å². The molecule has 2 aromatic carbocycles. The molecular formula is C19H14F3N3O4. The molecule has 1 fully saturated rings. The molecule has 1 atom stereocenters. The zero-order chi connectivity index (χ0) is 21.6. The zero-order valence-corrected chi connectivity index (χ0v) is 14.9. The Morgan fingerprint density at radius 2 is 1.76 bits per heavy atom. The van der Waals surface area contributed by atoms with Crippen LogP contribution in [0.3, 0.4) is 0 Å². The summed E-state index contributed by atoms with van der Waals surface area (Å²) in [6.45, 7) is -0.836. The van der Waals surface area contributed by atoms with Gasteiger partial charge in [-0.2, -0.15) is 18.4 Å². The van der Waals surface area contributed by atoms with Crippen LogP contribution >= 0.6 is 0 Å². The van der Waals surface area contributed by atoms with Crippen LogP contribution in [-0.2, 0) is 16.5 Å². The van der Waals surface area contributed by atoms with Crippen molar-refractivity contribution in [2.75, 3.05) is 18.6 Å². The highest BCUT2D eigenvalue weighted by Crippen LogP contribution is 2.41. The zero-order valence-electron chi connectivity index (χ0n) is 14.9. The van der Waals surface area contributed by atoms with E-state index in [1.807, 2.05) is 0 Å². The predicted octanol–water partition coefficient (Wildman–Crippen LogP) is 2.57. The Hall–Kier alpha value is -3.58. The fourth-order valence-electron chi connectivity index (χ4n) is 3.28. The number of nitriles is 1. The molecule has 29 heavy (non-hydrogen) atoms. The second kappa shape index (κ2) is 6.79. The number of aliphatic hydroxyl groups excluding tert-OH is 1. The number of phenolic OH excluding ortho intramolecular Hbond substituents is 1. The van der Waals surface area contributed by atoms with Gasteiger partial charge in [0, 0.05) is 7.05 Å². The topological polar surface area (TPSA) is 105 Å². The van der Waals surface area contributed by atoms with E-state index < -0.39 is 41.4 Å². The van der Waals surface area contributed by atoms with Gasteiger partial charge in [0.2, 0.25) is 0 Å². The van der Waals surface area contributed by atoms with Crippen LogP contribution in [0.4, 0.5) is 23.7 Å². The van der Waals surface area contributed by atoms with Crippen molar-refractivity contribution < 1.29 is 33.0 Å². The number of likely N-dealkylation sites (N-methyl/N-ethyl adjacent to an activating group) is 1. The summed E-state index contributed by atoms with van der Waals surface area (Å²) in [7, 11) is 1.23. The van der Waals surface area contributed by atoms with Gasteiger partial charge in [-0.3, -0.25) is 4.79 Å². The lowest BCUT2D eigenvalue weighted by molar-refractivity contribution is -0.137. The summed E-state index contributed by atoms with van der Waals surface area (Å²) in [4.78, 5) is 27.4. The summed E-state index contributed by atoms with van der Waals surface area (Å²) >= 11 is 0. The molecule has 1 heterocycles. The van der Waals surface area contributed by atoms with Crippen molar-refractivity contribution >= 4 is 17.6 Å². The Balaban J connectivity index is 2.16. The quantitative estimate of drug-likeness (QED) is 0.764. The molecule has 0 saturated carbocycles. The van der Waals surface area contributed by atoms with Gasteiger partial charge in [-0.05, 0) is 35.9 Å². The van der Waals surface area contributed by atoms with E-state index in [0.717, 1.165) is 17.0 Å². The third-order valence-electron chi connectivity index (χ3n) is 4.87. The molecular weight excluding hydrogens is 391 g/mol. The third kappa shape index (κ3) is 2.96. The van der Waals surface area contributed by atoms with Crippen LogP contribution in [0.15, 0.2) is 42.5 Å². The number of rotatable bonds is 3. The van der Waals surface area contributed by atoms with E-state index in [1.165, 1.54) is 37.4 Å². The summed E-state index contributed by atoms with van der Waals surface area (Å²) in [6.07, 6.45) is -4.87. The van der Waals surface area contributed by atoms with Gasteiger partial charge in [-0.1, -0.05) is 12.1 Å². The van der Waals surface area contributed by atoms with E-state index in [1.54, 1.807) is 0 Å². The van der Waals surface area contributed by atoms with E-state index in [9.17, 15) is 33.0 Å². The molecule has 1 aliphatic heterocycles.